The predicted octanol–water partition coefficient (Wildman–Crippen LogP) is 1.65. The molecule has 6 heteroatoms. The molecule has 0 unspecified atom stereocenters. The van der Waals surface area contributed by atoms with Crippen molar-refractivity contribution < 1.29 is 4.79 Å². The Labute approximate surface area is 118 Å². The van der Waals surface area contributed by atoms with Crippen molar-refractivity contribution in [1.29, 1.82) is 0 Å². The number of nitrogens with zero attached hydrogens (tertiary/aromatic N) is 3. The third-order valence-corrected chi connectivity index (χ3v) is 2.83. The Balaban J connectivity index is 2.03. The van der Waals surface area contributed by atoms with Crippen LogP contribution in [0.3, 0.4) is 0 Å². The molecule has 0 aliphatic rings. The van der Waals surface area contributed by atoms with E-state index in [-0.39, 0.29) is 0 Å². The molecule has 0 spiro atoms. The second-order valence-corrected chi connectivity index (χ2v) is 5.05. The Morgan fingerprint density at radius 3 is 2.95 bits per heavy atom. The van der Waals surface area contributed by atoms with Crippen molar-refractivity contribution in [3.05, 3.63) is 42.0 Å². The number of hydrogen-bond acceptors (Lipinski definition) is 4. The first-order valence-corrected chi connectivity index (χ1v) is 6.56. The number of hydrogen-bond donors (Lipinski definition) is 2. The molecular formula is C14H19N5O. The number of nitrogens with one attached hydrogen (secondary N) is 1. The van der Waals surface area contributed by atoms with Crippen molar-refractivity contribution in [3.8, 4) is 0 Å². The maximum Gasteiger partial charge on any atom is 0.248 e. The zero-order valence-corrected chi connectivity index (χ0v) is 11.7. The number of rotatable bonds is 6. The lowest BCUT2D eigenvalue weighted by Crippen LogP contribution is -2.14. The summed E-state index contributed by atoms with van der Waals surface area (Å²) in [4.78, 5) is 15.4. The number of anilines is 1. The van der Waals surface area contributed by atoms with E-state index in [0.29, 0.717) is 18.0 Å². The zero-order chi connectivity index (χ0) is 14.5. The fourth-order valence-corrected chi connectivity index (χ4v) is 1.89. The second kappa shape index (κ2) is 6.18. The van der Waals surface area contributed by atoms with E-state index in [1.54, 1.807) is 24.5 Å². The highest BCUT2D eigenvalue weighted by Gasteiger charge is 2.06. The molecule has 0 fully saturated rings. The van der Waals surface area contributed by atoms with E-state index in [2.05, 4.69) is 29.2 Å². The maximum atomic E-state index is 11.1. The summed E-state index contributed by atoms with van der Waals surface area (Å²) in [6, 6.07) is 7.09. The van der Waals surface area contributed by atoms with Crippen LogP contribution >= 0.6 is 0 Å². The van der Waals surface area contributed by atoms with Gasteiger partial charge in [-0.05, 0) is 24.1 Å². The van der Waals surface area contributed by atoms with Crippen LogP contribution in [0.15, 0.2) is 30.6 Å². The number of primary amides is 1. The van der Waals surface area contributed by atoms with Gasteiger partial charge in [-0.15, -0.1) is 0 Å². The largest absolute Gasteiger partial charge is 0.378 e. The van der Waals surface area contributed by atoms with Crippen LogP contribution in [0.25, 0.3) is 0 Å². The Morgan fingerprint density at radius 2 is 2.25 bits per heavy atom. The topological polar surface area (TPSA) is 85.8 Å². The highest BCUT2D eigenvalue weighted by Crippen LogP contribution is 2.11. The first-order valence-electron chi connectivity index (χ1n) is 6.56. The summed E-state index contributed by atoms with van der Waals surface area (Å²) in [5, 5.41) is 7.43. The molecule has 2 rings (SSSR count). The van der Waals surface area contributed by atoms with Crippen LogP contribution in [-0.4, -0.2) is 20.7 Å². The van der Waals surface area contributed by atoms with Gasteiger partial charge in [0.2, 0.25) is 5.91 Å². The minimum absolute atomic E-state index is 0.434. The first kappa shape index (κ1) is 14.0. The van der Waals surface area contributed by atoms with Crippen LogP contribution in [0.2, 0.25) is 0 Å². The molecule has 3 N–H and O–H groups in total. The second-order valence-electron chi connectivity index (χ2n) is 5.05. The molecule has 0 radical (unpaired) electrons. The van der Waals surface area contributed by atoms with Gasteiger partial charge in [-0.2, -0.15) is 5.10 Å². The van der Waals surface area contributed by atoms with Gasteiger partial charge in [0.1, 0.15) is 12.2 Å². The lowest BCUT2D eigenvalue weighted by Gasteiger charge is -2.10. The summed E-state index contributed by atoms with van der Waals surface area (Å²) in [6.07, 6.45) is 1.55. The van der Waals surface area contributed by atoms with E-state index >= 15 is 0 Å². The van der Waals surface area contributed by atoms with Gasteiger partial charge in [-0.3, -0.25) is 4.79 Å². The van der Waals surface area contributed by atoms with E-state index in [1.165, 1.54) is 0 Å². The number of nitrogens with two attached hydrogens (primary N) is 1. The minimum atomic E-state index is -0.434. The van der Waals surface area contributed by atoms with E-state index in [9.17, 15) is 4.79 Å². The molecule has 1 aromatic heterocycles. The Bertz CT molecular complexity index is 591. The van der Waals surface area contributed by atoms with Crippen LogP contribution in [0.1, 0.15) is 30.0 Å². The monoisotopic (exact) mass is 273 g/mol. The molecule has 6 nitrogen and oxygen atoms in total. The lowest BCUT2D eigenvalue weighted by molar-refractivity contribution is 0.100. The predicted molar refractivity (Wildman–Crippen MR) is 77.1 cm³/mol. The highest BCUT2D eigenvalue weighted by molar-refractivity contribution is 5.93. The van der Waals surface area contributed by atoms with Crippen molar-refractivity contribution >= 4 is 11.6 Å². The standard InChI is InChI=1S/C14H19N5O/c1-10(2)8-19-13(17-9-18-19)7-16-12-5-3-4-11(6-12)14(15)20/h3-6,9-10,16H,7-8H2,1-2H3,(H2,15,20). The Hall–Kier alpha value is -2.37. The van der Waals surface area contributed by atoms with Crippen molar-refractivity contribution in [2.75, 3.05) is 5.32 Å². The van der Waals surface area contributed by atoms with Gasteiger partial charge >= 0.3 is 0 Å². The molecule has 1 amide bonds. The maximum absolute atomic E-state index is 11.1. The van der Waals surface area contributed by atoms with Crippen LogP contribution in [-0.2, 0) is 13.1 Å². The summed E-state index contributed by atoms with van der Waals surface area (Å²) in [7, 11) is 0. The molecule has 1 heterocycles. The van der Waals surface area contributed by atoms with E-state index in [1.807, 2.05) is 10.7 Å². The normalized spacial score (nSPS) is 10.8. The molecule has 2 aromatic rings. The summed E-state index contributed by atoms with van der Waals surface area (Å²) in [6.45, 7) is 5.65. The fraction of sp³-hybridized carbons (Fsp3) is 0.357. The number of benzene rings is 1. The van der Waals surface area contributed by atoms with Crippen molar-refractivity contribution in [3.63, 3.8) is 0 Å². The average Bonchev–Trinajstić information content (AvgIpc) is 2.83. The lowest BCUT2D eigenvalue weighted by atomic mass is 10.2. The third kappa shape index (κ3) is 3.57. The van der Waals surface area contributed by atoms with Crippen LogP contribution in [0.4, 0.5) is 5.69 Å². The number of aromatic nitrogens is 3. The molecular weight excluding hydrogens is 254 g/mol. The van der Waals surface area contributed by atoms with Crippen LogP contribution in [0, 0.1) is 5.92 Å². The Morgan fingerprint density at radius 1 is 1.45 bits per heavy atom. The molecule has 1 aromatic carbocycles. The van der Waals surface area contributed by atoms with Crippen molar-refractivity contribution in [2.24, 2.45) is 11.7 Å². The SMILES string of the molecule is CC(C)Cn1ncnc1CNc1cccc(C(N)=O)c1. The van der Waals surface area contributed by atoms with Gasteiger partial charge in [0.05, 0.1) is 6.54 Å². The highest BCUT2D eigenvalue weighted by atomic mass is 16.1. The van der Waals surface area contributed by atoms with Gasteiger partial charge < -0.3 is 11.1 Å². The summed E-state index contributed by atoms with van der Waals surface area (Å²) in [5.74, 6) is 0.938. The van der Waals surface area contributed by atoms with Gasteiger partial charge in [0.15, 0.2) is 0 Å². The van der Waals surface area contributed by atoms with Gasteiger partial charge in [0.25, 0.3) is 0 Å². The first-order chi connectivity index (χ1) is 9.56. The van der Waals surface area contributed by atoms with Crippen molar-refractivity contribution in [1.82, 2.24) is 14.8 Å². The van der Waals surface area contributed by atoms with Crippen LogP contribution < -0.4 is 11.1 Å². The van der Waals surface area contributed by atoms with Crippen molar-refractivity contribution in [2.45, 2.75) is 26.9 Å². The summed E-state index contributed by atoms with van der Waals surface area (Å²) < 4.78 is 1.88. The smallest absolute Gasteiger partial charge is 0.248 e. The molecule has 0 bridgehead atoms. The summed E-state index contributed by atoms with van der Waals surface area (Å²) >= 11 is 0. The van der Waals surface area contributed by atoms with E-state index < -0.39 is 5.91 Å². The fourth-order valence-electron chi connectivity index (χ4n) is 1.89. The number of carbonyl (C=O) groups is 1. The average molecular weight is 273 g/mol. The molecule has 20 heavy (non-hydrogen) atoms. The molecule has 0 saturated heterocycles. The van der Waals surface area contributed by atoms with Crippen LogP contribution in [0.5, 0.6) is 0 Å². The molecule has 106 valence electrons. The van der Waals surface area contributed by atoms with Gasteiger partial charge in [-0.25, -0.2) is 9.67 Å². The Kier molecular flexibility index (Phi) is 4.34. The summed E-state index contributed by atoms with van der Waals surface area (Å²) in [5.41, 5.74) is 6.58. The quantitative estimate of drug-likeness (QED) is 0.838. The minimum Gasteiger partial charge on any atom is -0.378 e. The van der Waals surface area contributed by atoms with E-state index in [0.717, 1.165) is 18.1 Å². The third-order valence-electron chi connectivity index (χ3n) is 2.83. The van der Waals surface area contributed by atoms with Gasteiger partial charge in [-0.1, -0.05) is 19.9 Å². The molecule has 0 atom stereocenters. The number of carbonyl (C=O) groups excluding carboxylic acids is 1. The molecule has 0 saturated carbocycles. The number of amides is 1. The van der Waals surface area contributed by atoms with Gasteiger partial charge in [0, 0.05) is 17.8 Å². The molecule has 0 aliphatic carbocycles. The zero-order valence-electron chi connectivity index (χ0n) is 11.7. The molecule has 0 aliphatic heterocycles. The van der Waals surface area contributed by atoms with E-state index in [4.69, 9.17) is 5.73 Å².